The summed E-state index contributed by atoms with van der Waals surface area (Å²) in [6.45, 7) is 0. The van der Waals surface area contributed by atoms with Gasteiger partial charge in [0.15, 0.2) is 0 Å². The minimum Gasteiger partial charge on any atom is -0.378 e. The van der Waals surface area contributed by atoms with E-state index in [0.717, 1.165) is 23.5 Å². The van der Waals surface area contributed by atoms with Gasteiger partial charge in [0.05, 0.1) is 6.04 Å². The molecule has 4 rings (SSSR count). The summed E-state index contributed by atoms with van der Waals surface area (Å²) in [4.78, 5) is 0. The topological polar surface area (TPSA) is 24.1 Å². The molecule has 0 saturated carbocycles. The van der Waals surface area contributed by atoms with Gasteiger partial charge in [0.1, 0.15) is 0 Å². The van der Waals surface area contributed by atoms with Crippen LogP contribution in [0.25, 0.3) is 5.57 Å². The Hall–Kier alpha value is -3.26. The van der Waals surface area contributed by atoms with E-state index in [0.29, 0.717) is 0 Å². The van der Waals surface area contributed by atoms with Gasteiger partial charge in [-0.1, -0.05) is 72.8 Å². The summed E-state index contributed by atoms with van der Waals surface area (Å²) in [7, 11) is 0. The average molecular weight is 338 g/mol. The third kappa shape index (κ3) is 3.70. The van der Waals surface area contributed by atoms with Crippen molar-refractivity contribution in [3.05, 3.63) is 114 Å². The second-order valence-electron chi connectivity index (χ2n) is 6.39. The predicted octanol–water partition coefficient (Wildman–Crippen LogP) is 5.95. The van der Waals surface area contributed by atoms with Crippen molar-refractivity contribution in [2.45, 2.75) is 12.5 Å². The third-order valence-corrected chi connectivity index (χ3v) is 4.55. The van der Waals surface area contributed by atoms with Crippen LogP contribution in [-0.4, -0.2) is 6.04 Å². The minimum absolute atomic E-state index is 0.219. The molecule has 2 nitrogen and oxygen atoms in total. The molecule has 2 N–H and O–H groups in total. The zero-order chi connectivity index (χ0) is 17.6. The lowest BCUT2D eigenvalue weighted by atomic mass is 9.90. The molecule has 0 saturated heterocycles. The number of rotatable bonds is 5. The van der Waals surface area contributed by atoms with Gasteiger partial charge >= 0.3 is 0 Å². The van der Waals surface area contributed by atoms with Crippen LogP contribution >= 0.6 is 0 Å². The first-order valence-electron chi connectivity index (χ1n) is 9.00. The van der Waals surface area contributed by atoms with Crippen molar-refractivity contribution in [1.82, 2.24) is 0 Å². The molecule has 0 amide bonds. The molecular formula is C24H22N2. The number of para-hydroxylation sites is 2. The molecule has 0 heterocycles. The summed E-state index contributed by atoms with van der Waals surface area (Å²) in [5, 5.41) is 7.29. The van der Waals surface area contributed by atoms with Crippen LogP contribution in [0.15, 0.2) is 109 Å². The fourth-order valence-corrected chi connectivity index (χ4v) is 3.34. The Labute approximate surface area is 154 Å². The second-order valence-corrected chi connectivity index (χ2v) is 6.39. The van der Waals surface area contributed by atoms with E-state index in [2.05, 4.69) is 102 Å². The summed E-state index contributed by atoms with van der Waals surface area (Å²) >= 11 is 0. The van der Waals surface area contributed by atoms with Crippen molar-refractivity contribution in [3.63, 3.8) is 0 Å². The van der Waals surface area contributed by atoms with Gasteiger partial charge < -0.3 is 10.6 Å². The van der Waals surface area contributed by atoms with Gasteiger partial charge in [-0.3, -0.25) is 0 Å². The first-order valence-corrected chi connectivity index (χ1v) is 9.00. The van der Waals surface area contributed by atoms with Crippen molar-refractivity contribution in [1.29, 1.82) is 0 Å². The van der Waals surface area contributed by atoms with Gasteiger partial charge in [-0.05, 0) is 42.3 Å². The summed E-state index contributed by atoms with van der Waals surface area (Å²) in [5.74, 6) is 0. The highest BCUT2D eigenvalue weighted by Gasteiger charge is 2.21. The molecule has 0 aromatic heterocycles. The number of benzene rings is 3. The molecule has 0 bridgehead atoms. The molecular weight excluding hydrogens is 316 g/mol. The van der Waals surface area contributed by atoms with Crippen LogP contribution < -0.4 is 10.6 Å². The van der Waals surface area contributed by atoms with E-state index < -0.39 is 0 Å². The molecule has 1 aliphatic rings. The Morgan fingerprint density at radius 3 is 1.88 bits per heavy atom. The van der Waals surface area contributed by atoms with E-state index in [1.54, 1.807) is 0 Å². The van der Waals surface area contributed by atoms with Crippen LogP contribution in [0.2, 0.25) is 0 Å². The number of nitrogens with one attached hydrogen (secondary N) is 2. The monoisotopic (exact) mass is 338 g/mol. The summed E-state index contributed by atoms with van der Waals surface area (Å²) in [6, 6.07) is 31.6. The van der Waals surface area contributed by atoms with E-state index in [4.69, 9.17) is 0 Å². The average Bonchev–Trinajstić information content (AvgIpc) is 2.70. The van der Waals surface area contributed by atoms with E-state index in [1.807, 2.05) is 12.1 Å². The molecule has 3 aromatic rings. The normalized spacial score (nSPS) is 16.4. The van der Waals surface area contributed by atoms with E-state index in [-0.39, 0.29) is 6.04 Å². The van der Waals surface area contributed by atoms with Crippen LogP contribution in [0.1, 0.15) is 12.0 Å². The number of hydrogen-bond donors (Lipinski definition) is 2. The van der Waals surface area contributed by atoms with Gasteiger partial charge in [-0.2, -0.15) is 0 Å². The Morgan fingerprint density at radius 2 is 1.23 bits per heavy atom. The van der Waals surface area contributed by atoms with E-state index in [1.165, 1.54) is 11.1 Å². The SMILES string of the molecule is C1=CC(Nc2ccccc2)=C(c2ccccc2)C(Nc2ccccc2)C1. The van der Waals surface area contributed by atoms with Gasteiger partial charge in [0.2, 0.25) is 0 Å². The van der Waals surface area contributed by atoms with Crippen LogP contribution in [0.4, 0.5) is 11.4 Å². The maximum atomic E-state index is 3.70. The molecule has 2 heteroatoms. The van der Waals surface area contributed by atoms with Crippen molar-refractivity contribution in [2.75, 3.05) is 10.6 Å². The zero-order valence-electron chi connectivity index (χ0n) is 14.6. The van der Waals surface area contributed by atoms with Crippen molar-refractivity contribution in [2.24, 2.45) is 0 Å². The molecule has 0 aliphatic heterocycles. The first-order chi connectivity index (χ1) is 12.9. The van der Waals surface area contributed by atoms with Crippen LogP contribution in [0, 0.1) is 0 Å². The molecule has 1 atom stereocenters. The Kier molecular flexibility index (Phi) is 4.83. The van der Waals surface area contributed by atoms with Crippen LogP contribution in [0.5, 0.6) is 0 Å². The van der Waals surface area contributed by atoms with Gasteiger partial charge in [0, 0.05) is 22.6 Å². The quantitative estimate of drug-likeness (QED) is 0.600. The Bertz CT molecular complexity index is 897. The van der Waals surface area contributed by atoms with Crippen molar-refractivity contribution >= 4 is 16.9 Å². The third-order valence-electron chi connectivity index (χ3n) is 4.55. The number of hydrogen-bond acceptors (Lipinski definition) is 2. The maximum absolute atomic E-state index is 3.70. The molecule has 3 aromatic carbocycles. The zero-order valence-corrected chi connectivity index (χ0v) is 14.6. The van der Waals surface area contributed by atoms with Gasteiger partial charge in [-0.15, -0.1) is 0 Å². The highest BCUT2D eigenvalue weighted by Crippen LogP contribution is 2.31. The second kappa shape index (κ2) is 7.75. The highest BCUT2D eigenvalue weighted by molar-refractivity contribution is 5.81. The molecule has 26 heavy (non-hydrogen) atoms. The van der Waals surface area contributed by atoms with E-state index >= 15 is 0 Å². The molecule has 0 radical (unpaired) electrons. The van der Waals surface area contributed by atoms with Crippen molar-refractivity contribution < 1.29 is 0 Å². The van der Waals surface area contributed by atoms with Crippen molar-refractivity contribution in [3.8, 4) is 0 Å². The van der Waals surface area contributed by atoms with Crippen LogP contribution in [-0.2, 0) is 0 Å². The standard InChI is InChI=1S/C24H22N2/c1-4-11-19(12-5-1)24-22(25-20-13-6-2-7-14-20)17-10-18-23(24)26-21-15-8-3-9-16-21/h1-17,23,25-26H,18H2. The fraction of sp³-hybridized carbons (Fsp3) is 0.0833. The van der Waals surface area contributed by atoms with Gasteiger partial charge in [-0.25, -0.2) is 0 Å². The maximum Gasteiger partial charge on any atom is 0.0574 e. The largest absolute Gasteiger partial charge is 0.378 e. The molecule has 0 spiro atoms. The lowest BCUT2D eigenvalue weighted by Gasteiger charge is -2.28. The molecule has 1 unspecified atom stereocenters. The predicted molar refractivity (Wildman–Crippen MR) is 111 cm³/mol. The highest BCUT2D eigenvalue weighted by atomic mass is 14.9. The number of anilines is 2. The smallest absolute Gasteiger partial charge is 0.0574 e. The molecule has 0 fully saturated rings. The molecule has 128 valence electrons. The van der Waals surface area contributed by atoms with Gasteiger partial charge in [0.25, 0.3) is 0 Å². The molecule has 1 aliphatic carbocycles. The Balaban J connectivity index is 1.73. The van der Waals surface area contributed by atoms with Crippen LogP contribution in [0.3, 0.4) is 0 Å². The minimum atomic E-state index is 0.219. The lowest BCUT2D eigenvalue weighted by molar-refractivity contribution is 0.893. The Morgan fingerprint density at radius 1 is 0.654 bits per heavy atom. The number of allylic oxidation sites excluding steroid dienone is 1. The summed E-state index contributed by atoms with van der Waals surface area (Å²) in [5.41, 5.74) is 5.91. The summed E-state index contributed by atoms with van der Waals surface area (Å²) in [6.07, 6.45) is 5.38. The lowest BCUT2D eigenvalue weighted by Crippen LogP contribution is -2.25. The summed E-state index contributed by atoms with van der Waals surface area (Å²) < 4.78 is 0. The fourth-order valence-electron chi connectivity index (χ4n) is 3.34. The first kappa shape index (κ1) is 16.2. The van der Waals surface area contributed by atoms with E-state index in [9.17, 15) is 0 Å².